The van der Waals surface area contributed by atoms with E-state index in [-0.39, 0.29) is 6.10 Å². The third kappa shape index (κ3) is 4.17. The largest absolute Gasteiger partial charge is 0.475 e. The molecule has 0 unspecified atom stereocenters. The van der Waals surface area contributed by atoms with Crippen molar-refractivity contribution in [3.63, 3.8) is 0 Å². The van der Waals surface area contributed by atoms with Crippen molar-refractivity contribution in [3.05, 3.63) is 12.3 Å². The molecule has 1 aliphatic rings. The first-order valence-corrected chi connectivity index (χ1v) is 6.97. The maximum atomic E-state index is 5.56. The van der Waals surface area contributed by atoms with Crippen molar-refractivity contribution in [2.45, 2.75) is 52.1 Å². The van der Waals surface area contributed by atoms with Crippen molar-refractivity contribution < 1.29 is 4.74 Å². The van der Waals surface area contributed by atoms with Gasteiger partial charge in [0.2, 0.25) is 11.8 Å². The van der Waals surface area contributed by atoms with Crippen molar-refractivity contribution in [1.29, 1.82) is 0 Å². The summed E-state index contributed by atoms with van der Waals surface area (Å²) in [6.07, 6.45) is 8.67. The molecule has 100 valence electrons. The molecule has 1 aliphatic carbocycles. The second-order valence-corrected chi connectivity index (χ2v) is 5.27. The second-order valence-electron chi connectivity index (χ2n) is 5.27. The van der Waals surface area contributed by atoms with Crippen LogP contribution in [0.25, 0.3) is 0 Å². The minimum Gasteiger partial charge on any atom is -0.475 e. The lowest BCUT2D eigenvalue weighted by Gasteiger charge is -2.21. The molecule has 2 rings (SSSR count). The standard InChI is InChI=1S/C14H23N3O/c1-11(2)18-13-8-9-15-14(17-13)16-10-12-6-4-3-5-7-12/h8-9,11-12H,3-7,10H2,1-2H3,(H,15,16,17). The molecule has 1 aromatic rings. The predicted octanol–water partition coefficient (Wildman–Crippen LogP) is 3.26. The van der Waals surface area contributed by atoms with Crippen LogP contribution in [0.3, 0.4) is 0 Å². The molecule has 0 amide bonds. The number of rotatable bonds is 5. The van der Waals surface area contributed by atoms with Gasteiger partial charge in [-0.2, -0.15) is 4.98 Å². The topological polar surface area (TPSA) is 47.0 Å². The lowest BCUT2D eigenvalue weighted by molar-refractivity contribution is 0.232. The fourth-order valence-electron chi connectivity index (χ4n) is 2.36. The Morgan fingerprint density at radius 3 is 2.83 bits per heavy atom. The number of hydrogen-bond acceptors (Lipinski definition) is 4. The quantitative estimate of drug-likeness (QED) is 0.870. The molecule has 0 bridgehead atoms. The number of aromatic nitrogens is 2. The summed E-state index contributed by atoms with van der Waals surface area (Å²) in [5.74, 6) is 2.10. The zero-order valence-corrected chi connectivity index (χ0v) is 11.4. The van der Waals surface area contributed by atoms with Gasteiger partial charge in [-0.25, -0.2) is 4.98 Å². The number of nitrogens with zero attached hydrogens (tertiary/aromatic N) is 2. The van der Waals surface area contributed by atoms with Gasteiger partial charge in [-0.15, -0.1) is 0 Å². The van der Waals surface area contributed by atoms with Crippen LogP contribution in [0.1, 0.15) is 46.0 Å². The Bertz CT molecular complexity index is 362. The molecule has 0 radical (unpaired) electrons. The summed E-state index contributed by atoms with van der Waals surface area (Å²) in [6, 6.07) is 1.80. The van der Waals surface area contributed by atoms with Gasteiger partial charge in [-0.1, -0.05) is 19.3 Å². The highest BCUT2D eigenvalue weighted by Gasteiger charge is 2.13. The molecule has 1 fully saturated rings. The zero-order chi connectivity index (χ0) is 12.8. The van der Waals surface area contributed by atoms with Crippen molar-refractivity contribution in [3.8, 4) is 5.88 Å². The molecule has 0 spiro atoms. The highest BCUT2D eigenvalue weighted by molar-refractivity contribution is 5.27. The van der Waals surface area contributed by atoms with Crippen molar-refractivity contribution >= 4 is 5.95 Å². The van der Waals surface area contributed by atoms with E-state index in [1.54, 1.807) is 12.3 Å². The molecule has 18 heavy (non-hydrogen) atoms. The summed E-state index contributed by atoms with van der Waals surface area (Å²) in [4.78, 5) is 8.58. The first-order chi connectivity index (χ1) is 8.74. The third-order valence-corrected chi connectivity index (χ3v) is 3.26. The van der Waals surface area contributed by atoms with Crippen LogP contribution < -0.4 is 10.1 Å². The Kier molecular flexibility index (Phi) is 4.79. The molecule has 0 aliphatic heterocycles. The summed E-state index contributed by atoms with van der Waals surface area (Å²) >= 11 is 0. The number of ether oxygens (including phenoxy) is 1. The SMILES string of the molecule is CC(C)Oc1ccnc(NCC2CCCCC2)n1. The van der Waals surface area contributed by atoms with Gasteiger partial charge in [0.1, 0.15) is 0 Å². The van der Waals surface area contributed by atoms with Crippen molar-refractivity contribution in [2.75, 3.05) is 11.9 Å². The van der Waals surface area contributed by atoms with E-state index < -0.39 is 0 Å². The van der Waals surface area contributed by atoms with Gasteiger partial charge in [-0.05, 0) is 32.6 Å². The summed E-state index contributed by atoms with van der Waals surface area (Å²) in [6.45, 7) is 4.97. The third-order valence-electron chi connectivity index (χ3n) is 3.26. The van der Waals surface area contributed by atoms with Crippen LogP contribution in [0.15, 0.2) is 12.3 Å². The fraction of sp³-hybridized carbons (Fsp3) is 0.714. The Labute approximate surface area is 109 Å². The van der Waals surface area contributed by atoms with E-state index in [2.05, 4.69) is 15.3 Å². The van der Waals surface area contributed by atoms with Gasteiger partial charge in [0.25, 0.3) is 0 Å². The Balaban J connectivity index is 1.84. The average Bonchev–Trinajstić information content (AvgIpc) is 2.37. The first-order valence-electron chi connectivity index (χ1n) is 6.97. The van der Waals surface area contributed by atoms with Crippen LogP contribution in [0.5, 0.6) is 5.88 Å². The first kappa shape index (κ1) is 13.1. The minimum absolute atomic E-state index is 0.145. The van der Waals surface area contributed by atoms with E-state index in [4.69, 9.17) is 4.74 Å². The average molecular weight is 249 g/mol. The van der Waals surface area contributed by atoms with Gasteiger partial charge in [0.15, 0.2) is 0 Å². The number of hydrogen-bond donors (Lipinski definition) is 1. The minimum atomic E-state index is 0.145. The lowest BCUT2D eigenvalue weighted by Crippen LogP contribution is -2.18. The van der Waals surface area contributed by atoms with Crippen LogP contribution in [-0.2, 0) is 0 Å². The molecule has 4 heteroatoms. The number of anilines is 1. The van der Waals surface area contributed by atoms with E-state index in [1.165, 1.54) is 32.1 Å². The molecule has 0 atom stereocenters. The van der Waals surface area contributed by atoms with E-state index in [0.29, 0.717) is 11.8 Å². The Morgan fingerprint density at radius 2 is 2.11 bits per heavy atom. The maximum Gasteiger partial charge on any atom is 0.225 e. The van der Waals surface area contributed by atoms with Crippen molar-refractivity contribution in [1.82, 2.24) is 9.97 Å². The van der Waals surface area contributed by atoms with Gasteiger partial charge in [0.05, 0.1) is 6.10 Å². The molecular weight excluding hydrogens is 226 g/mol. The molecule has 0 aromatic carbocycles. The van der Waals surface area contributed by atoms with Gasteiger partial charge in [0, 0.05) is 18.8 Å². The molecule has 1 heterocycles. The molecular formula is C14H23N3O. The molecule has 1 saturated carbocycles. The van der Waals surface area contributed by atoms with E-state index in [9.17, 15) is 0 Å². The Morgan fingerprint density at radius 1 is 1.33 bits per heavy atom. The van der Waals surface area contributed by atoms with Crippen LogP contribution in [0.4, 0.5) is 5.95 Å². The highest BCUT2D eigenvalue weighted by Crippen LogP contribution is 2.23. The fourth-order valence-corrected chi connectivity index (χ4v) is 2.36. The smallest absolute Gasteiger partial charge is 0.225 e. The normalized spacial score (nSPS) is 16.8. The van der Waals surface area contributed by atoms with Gasteiger partial charge >= 0.3 is 0 Å². The summed E-state index contributed by atoms with van der Waals surface area (Å²) < 4.78 is 5.56. The second kappa shape index (κ2) is 6.57. The predicted molar refractivity (Wildman–Crippen MR) is 72.9 cm³/mol. The van der Waals surface area contributed by atoms with Crippen LogP contribution in [0.2, 0.25) is 0 Å². The lowest BCUT2D eigenvalue weighted by atomic mass is 9.89. The molecule has 0 saturated heterocycles. The monoisotopic (exact) mass is 249 g/mol. The number of nitrogens with one attached hydrogen (secondary N) is 1. The van der Waals surface area contributed by atoms with E-state index in [0.717, 1.165) is 12.5 Å². The van der Waals surface area contributed by atoms with E-state index >= 15 is 0 Å². The van der Waals surface area contributed by atoms with Crippen LogP contribution in [0, 0.1) is 5.92 Å². The zero-order valence-electron chi connectivity index (χ0n) is 11.4. The molecule has 4 nitrogen and oxygen atoms in total. The molecule has 1 N–H and O–H groups in total. The summed E-state index contributed by atoms with van der Waals surface area (Å²) in [5.41, 5.74) is 0. The molecule has 1 aromatic heterocycles. The van der Waals surface area contributed by atoms with Crippen LogP contribution >= 0.6 is 0 Å². The van der Waals surface area contributed by atoms with E-state index in [1.807, 2.05) is 13.8 Å². The van der Waals surface area contributed by atoms with Crippen molar-refractivity contribution in [2.24, 2.45) is 5.92 Å². The van der Waals surface area contributed by atoms with Gasteiger partial charge < -0.3 is 10.1 Å². The maximum absolute atomic E-state index is 5.56. The van der Waals surface area contributed by atoms with Gasteiger partial charge in [-0.3, -0.25) is 0 Å². The summed E-state index contributed by atoms with van der Waals surface area (Å²) in [7, 11) is 0. The highest BCUT2D eigenvalue weighted by atomic mass is 16.5. The Hall–Kier alpha value is -1.32. The van der Waals surface area contributed by atoms with Crippen LogP contribution in [-0.4, -0.2) is 22.6 Å². The summed E-state index contributed by atoms with van der Waals surface area (Å²) in [5, 5.41) is 3.33.